The Labute approximate surface area is 258 Å². The van der Waals surface area contributed by atoms with Crippen LogP contribution in [0.15, 0.2) is 42.0 Å². The van der Waals surface area contributed by atoms with Gasteiger partial charge < -0.3 is 19.3 Å². The highest BCUT2D eigenvalue weighted by atomic mass is 32.2. The first-order chi connectivity index (χ1) is 21.1. The number of aliphatic hydroxyl groups is 1. The van der Waals surface area contributed by atoms with E-state index >= 15 is 0 Å². The molecule has 3 aliphatic rings. The van der Waals surface area contributed by atoms with Crippen LogP contribution in [0.1, 0.15) is 72.3 Å². The number of nitrogens with one attached hydrogen (secondary N) is 1. The van der Waals surface area contributed by atoms with Crippen molar-refractivity contribution in [1.82, 2.24) is 18.5 Å². The summed E-state index contributed by atoms with van der Waals surface area (Å²) in [5.74, 6) is 0.158. The molecule has 11 heteroatoms. The van der Waals surface area contributed by atoms with E-state index < -0.39 is 16.1 Å². The number of hydrogen-bond acceptors (Lipinski definition) is 6. The lowest BCUT2D eigenvalue weighted by molar-refractivity contribution is -0.128. The van der Waals surface area contributed by atoms with Crippen molar-refractivity contribution in [2.75, 3.05) is 34.4 Å². The number of amides is 2. The molecule has 0 bridgehead atoms. The molecule has 1 aliphatic carbocycles. The van der Waals surface area contributed by atoms with E-state index in [-0.39, 0.29) is 30.7 Å². The molecule has 2 amide bonds. The molecule has 0 unspecified atom stereocenters. The van der Waals surface area contributed by atoms with E-state index in [1.165, 1.54) is 26.1 Å². The average Bonchev–Trinajstić information content (AvgIpc) is 3.58. The number of aliphatic hydroxyl groups excluding tert-OH is 1. The Morgan fingerprint density at radius 1 is 1.05 bits per heavy atom. The van der Waals surface area contributed by atoms with Gasteiger partial charge in [-0.15, -0.1) is 0 Å². The molecule has 0 radical (unpaired) electrons. The van der Waals surface area contributed by atoms with Crippen LogP contribution in [-0.2, 0) is 21.5 Å². The number of aromatic nitrogens is 1. The minimum absolute atomic E-state index is 0.0821. The molecule has 1 saturated carbocycles. The Morgan fingerprint density at radius 2 is 1.82 bits per heavy atom. The SMILES string of the molecule is COc1ccc2c(c1)C=C(C(=O)N1CCC[C@H]1CO)Cn1c-2c(C2CCCCC2)c2ccc(C(=O)NS(=O)(=O)N(C)C)cc21. The van der Waals surface area contributed by atoms with Gasteiger partial charge in [0.05, 0.1) is 32.0 Å². The van der Waals surface area contributed by atoms with E-state index in [1.807, 2.05) is 30.3 Å². The average molecular weight is 621 g/mol. The summed E-state index contributed by atoms with van der Waals surface area (Å²) in [6, 6.07) is 11.1. The highest BCUT2D eigenvalue weighted by Gasteiger charge is 2.34. The molecule has 3 aromatic rings. The Kier molecular flexibility index (Phi) is 8.29. The van der Waals surface area contributed by atoms with Gasteiger partial charge in [0.2, 0.25) is 0 Å². The molecule has 2 fully saturated rings. The zero-order valence-electron chi connectivity index (χ0n) is 25.5. The Balaban J connectivity index is 1.57. The smallest absolute Gasteiger partial charge is 0.303 e. The molecular weight excluding hydrogens is 580 g/mol. The number of fused-ring (bicyclic) bond motifs is 5. The summed E-state index contributed by atoms with van der Waals surface area (Å²) < 4.78 is 35.7. The van der Waals surface area contributed by atoms with E-state index in [0.29, 0.717) is 23.8 Å². The number of likely N-dealkylation sites (tertiary alicyclic amines) is 1. The fourth-order valence-electron chi connectivity index (χ4n) is 7.06. The zero-order valence-corrected chi connectivity index (χ0v) is 26.3. The largest absolute Gasteiger partial charge is 0.497 e. The second-order valence-corrected chi connectivity index (χ2v) is 14.1. The van der Waals surface area contributed by atoms with Gasteiger partial charge >= 0.3 is 10.2 Å². The molecule has 44 heavy (non-hydrogen) atoms. The number of hydrogen-bond donors (Lipinski definition) is 2. The van der Waals surface area contributed by atoms with Crippen LogP contribution in [0.5, 0.6) is 5.75 Å². The van der Waals surface area contributed by atoms with Crippen LogP contribution in [0.25, 0.3) is 28.2 Å². The van der Waals surface area contributed by atoms with Crippen molar-refractivity contribution in [2.24, 2.45) is 0 Å². The number of ether oxygens (including phenoxy) is 1. The fourth-order valence-corrected chi connectivity index (χ4v) is 7.59. The van der Waals surface area contributed by atoms with E-state index in [4.69, 9.17) is 4.74 Å². The maximum Gasteiger partial charge on any atom is 0.303 e. The normalized spacial score (nSPS) is 19.0. The lowest BCUT2D eigenvalue weighted by atomic mass is 9.81. The molecular formula is C33H40N4O6S. The van der Waals surface area contributed by atoms with Gasteiger partial charge in [0.25, 0.3) is 11.8 Å². The van der Waals surface area contributed by atoms with Crippen LogP contribution >= 0.6 is 0 Å². The van der Waals surface area contributed by atoms with Crippen molar-refractivity contribution >= 4 is 39.0 Å². The molecule has 234 valence electrons. The second-order valence-electron chi connectivity index (χ2n) is 12.2. The first-order valence-corrected chi connectivity index (χ1v) is 16.8. The van der Waals surface area contributed by atoms with Gasteiger partial charge in [0.1, 0.15) is 5.75 Å². The molecule has 6 rings (SSSR count). The summed E-state index contributed by atoms with van der Waals surface area (Å²) in [6.07, 6.45) is 9.10. The minimum atomic E-state index is -3.98. The van der Waals surface area contributed by atoms with Gasteiger partial charge in [-0.25, -0.2) is 4.72 Å². The van der Waals surface area contributed by atoms with Crippen LogP contribution in [0, 0.1) is 0 Å². The first kappa shape index (κ1) is 30.4. The third-order valence-corrected chi connectivity index (χ3v) is 10.8. The fraction of sp³-hybridized carbons (Fsp3) is 0.455. The van der Waals surface area contributed by atoms with E-state index in [0.717, 1.165) is 70.6 Å². The number of methoxy groups -OCH3 is 1. The highest BCUT2D eigenvalue weighted by Crippen LogP contribution is 2.47. The van der Waals surface area contributed by atoms with Crippen molar-refractivity contribution in [2.45, 2.75) is 63.5 Å². The van der Waals surface area contributed by atoms with Gasteiger partial charge in [-0.05, 0) is 79.1 Å². The third kappa shape index (κ3) is 5.41. The Hall–Kier alpha value is -3.67. The van der Waals surface area contributed by atoms with Crippen LogP contribution in [0.3, 0.4) is 0 Å². The summed E-state index contributed by atoms with van der Waals surface area (Å²) in [4.78, 5) is 29.1. The number of carbonyl (C=O) groups is 2. The van der Waals surface area contributed by atoms with Gasteiger partial charge in [-0.1, -0.05) is 25.3 Å². The number of nitrogens with zero attached hydrogens (tertiary/aromatic N) is 3. The molecule has 1 aromatic heterocycles. The number of carbonyl (C=O) groups excluding carboxylic acids is 2. The highest BCUT2D eigenvalue weighted by molar-refractivity contribution is 7.87. The first-order valence-electron chi connectivity index (χ1n) is 15.3. The minimum Gasteiger partial charge on any atom is -0.497 e. The summed E-state index contributed by atoms with van der Waals surface area (Å²) in [5.41, 5.74) is 5.65. The molecule has 2 aromatic carbocycles. The van der Waals surface area contributed by atoms with Crippen molar-refractivity contribution in [3.8, 4) is 17.0 Å². The lowest BCUT2D eigenvalue weighted by Crippen LogP contribution is -2.39. The molecule has 3 heterocycles. The summed E-state index contributed by atoms with van der Waals surface area (Å²) in [6.45, 7) is 0.773. The van der Waals surface area contributed by atoms with E-state index in [1.54, 1.807) is 24.1 Å². The zero-order chi connectivity index (χ0) is 31.2. The summed E-state index contributed by atoms with van der Waals surface area (Å²) in [7, 11) is 0.365. The maximum atomic E-state index is 14.1. The Bertz CT molecular complexity index is 1750. The van der Waals surface area contributed by atoms with Crippen molar-refractivity contribution in [3.63, 3.8) is 0 Å². The van der Waals surface area contributed by atoms with Crippen LogP contribution in [0.2, 0.25) is 0 Å². The van der Waals surface area contributed by atoms with Crippen LogP contribution in [-0.4, -0.2) is 79.5 Å². The molecule has 2 aliphatic heterocycles. The van der Waals surface area contributed by atoms with Crippen LogP contribution < -0.4 is 9.46 Å². The topological polar surface area (TPSA) is 121 Å². The molecule has 2 N–H and O–H groups in total. The number of rotatable bonds is 7. The van der Waals surface area contributed by atoms with Gasteiger partial charge in [0, 0.05) is 48.2 Å². The van der Waals surface area contributed by atoms with E-state index in [9.17, 15) is 23.1 Å². The maximum absolute atomic E-state index is 14.1. The quantitative estimate of drug-likeness (QED) is 0.407. The van der Waals surface area contributed by atoms with Gasteiger partial charge in [0.15, 0.2) is 0 Å². The monoisotopic (exact) mass is 620 g/mol. The standard InChI is InChI=1S/C33H40N4O6S/c1-35(2)44(41,42)34-32(39)22-11-13-28-29(18-22)37-19-24(33(40)36-15-7-10-25(36)20-38)16-23-17-26(43-3)12-14-27(23)31(37)30(28)21-8-5-4-6-9-21/h11-14,16-18,21,25,38H,4-10,15,19-20H2,1-3H3,(H,34,39)/t25-/m0/s1. The Morgan fingerprint density at radius 3 is 2.52 bits per heavy atom. The molecule has 10 nitrogen and oxygen atoms in total. The van der Waals surface area contributed by atoms with Crippen molar-refractivity contribution in [1.29, 1.82) is 0 Å². The van der Waals surface area contributed by atoms with Gasteiger partial charge in [-0.3, -0.25) is 9.59 Å². The van der Waals surface area contributed by atoms with Crippen molar-refractivity contribution < 1.29 is 27.9 Å². The number of benzene rings is 2. The third-order valence-electron chi connectivity index (χ3n) is 9.38. The molecule has 0 spiro atoms. The molecule has 1 saturated heterocycles. The predicted molar refractivity (Wildman–Crippen MR) is 170 cm³/mol. The summed E-state index contributed by atoms with van der Waals surface area (Å²) >= 11 is 0. The van der Waals surface area contributed by atoms with Gasteiger partial charge in [-0.2, -0.15) is 12.7 Å². The molecule has 1 atom stereocenters. The summed E-state index contributed by atoms with van der Waals surface area (Å²) in [5, 5.41) is 11.0. The van der Waals surface area contributed by atoms with Crippen molar-refractivity contribution in [3.05, 3.63) is 58.7 Å². The van der Waals surface area contributed by atoms with Crippen LogP contribution in [0.4, 0.5) is 0 Å². The van der Waals surface area contributed by atoms with E-state index in [2.05, 4.69) is 9.29 Å². The predicted octanol–water partition coefficient (Wildman–Crippen LogP) is 4.28. The second kappa shape index (κ2) is 12.0. The lowest BCUT2D eigenvalue weighted by Gasteiger charge is -2.25.